The van der Waals surface area contributed by atoms with Crippen molar-refractivity contribution >= 4 is 17.1 Å². The first-order valence-corrected chi connectivity index (χ1v) is 8.48. The van der Waals surface area contributed by atoms with Crippen LogP contribution in [0.1, 0.15) is 46.6 Å². The molecule has 138 valence electrons. The lowest BCUT2D eigenvalue weighted by Gasteiger charge is -2.33. The van der Waals surface area contributed by atoms with Crippen molar-refractivity contribution in [2.45, 2.75) is 46.5 Å². The smallest absolute Gasteiger partial charge is 0.296 e. The highest BCUT2D eigenvalue weighted by molar-refractivity contribution is 5.60. The Bertz CT molecular complexity index is 836. The first-order valence-electron chi connectivity index (χ1n) is 8.48. The van der Waals surface area contributed by atoms with E-state index in [0.717, 1.165) is 12.0 Å². The molecule has 0 aliphatic heterocycles. The fraction of sp³-hybridized carbons (Fsp3) is 0.400. The molecule has 6 nitrogen and oxygen atoms in total. The quantitative estimate of drug-likeness (QED) is 0.381. The van der Waals surface area contributed by atoms with E-state index in [0.29, 0.717) is 0 Å². The zero-order chi connectivity index (χ0) is 19.5. The molecule has 0 bridgehead atoms. The van der Waals surface area contributed by atoms with Gasteiger partial charge < -0.3 is 5.11 Å². The third kappa shape index (κ3) is 4.88. The summed E-state index contributed by atoms with van der Waals surface area (Å²) in [7, 11) is 0. The van der Waals surface area contributed by atoms with Gasteiger partial charge in [-0.3, -0.25) is 10.1 Å². The van der Waals surface area contributed by atoms with Gasteiger partial charge in [0, 0.05) is 6.07 Å². The highest BCUT2D eigenvalue weighted by Gasteiger charge is 2.29. The molecule has 0 fully saturated rings. The minimum atomic E-state index is -0.472. The number of para-hydroxylation sites is 1. The molecule has 0 saturated heterocycles. The van der Waals surface area contributed by atoms with Crippen LogP contribution in [0.4, 0.5) is 17.1 Å². The van der Waals surface area contributed by atoms with E-state index in [9.17, 15) is 15.2 Å². The molecule has 0 aliphatic carbocycles. The summed E-state index contributed by atoms with van der Waals surface area (Å²) in [6.45, 7) is 10.7. The molecule has 2 aromatic rings. The predicted molar refractivity (Wildman–Crippen MR) is 102 cm³/mol. The summed E-state index contributed by atoms with van der Waals surface area (Å²) in [5.41, 5.74) is 1.23. The maximum Gasteiger partial charge on any atom is 0.296 e. The number of azo groups is 1. The Morgan fingerprint density at radius 2 is 1.62 bits per heavy atom. The minimum Gasteiger partial charge on any atom is -0.506 e. The van der Waals surface area contributed by atoms with Crippen molar-refractivity contribution in [1.29, 1.82) is 0 Å². The maximum atomic E-state index is 11.3. The molecule has 6 heteroatoms. The van der Waals surface area contributed by atoms with Crippen molar-refractivity contribution in [3.05, 3.63) is 58.1 Å². The fourth-order valence-corrected chi connectivity index (χ4v) is 3.26. The first-order chi connectivity index (χ1) is 12.0. The van der Waals surface area contributed by atoms with Gasteiger partial charge in [-0.2, -0.15) is 0 Å². The maximum absolute atomic E-state index is 11.3. The second-order valence-corrected chi connectivity index (χ2v) is 8.27. The molecule has 0 spiro atoms. The van der Waals surface area contributed by atoms with Crippen LogP contribution in [0.25, 0.3) is 0 Å². The topological polar surface area (TPSA) is 88.1 Å². The molecule has 26 heavy (non-hydrogen) atoms. The number of phenolic OH excluding ortho intramolecular Hbond substituents is 1. The molecule has 0 saturated carbocycles. The summed E-state index contributed by atoms with van der Waals surface area (Å²) in [5.74, 6) is -0.0249. The van der Waals surface area contributed by atoms with E-state index < -0.39 is 4.92 Å². The van der Waals surface area contributed by atoms with Crippen molar-refractivity contribution in [3.63, 3.8) is 0 Å². The molecular weight excluding hydrogens is 330 g/mol. The van der Waals surface area contributed by atoms with Crippen molar-refractivity contribution in [1.82, 2.24) is 0 Å². The number of nitrogens with zero attached hydrogens (tertiary/aromatic N) is 3. The summed E-state index contributed by atoms with van der Waals surface area (Å²) >= 11 is 0. The molecular formula is C20H25N3O3. The molecule has 0 aromatic heterocycles. The predicted octanol–water partition coefficient (Wildman–Crippen LogP) is 6.43. The molecule has 0 unspecified atom stereocenters. The van der Waals surface area contributed by atoms with Crippen LogP contribution in [0.2, 0.25) is 0 Å². The summed E-state index contributed by atoms with van der Waals surface area (Å²) < 4.78 is 0. The van der Waals surface area contributed by atoms with E-state index in [1.54, 1.807) is 30.3 Å². The Balaban J connectivity index is 2.47. The lowest BCUT2D eigenvalue weighted by atomic mass is 9.72. The van der Waals surface area contributed by atoms with Gasteiger partial charge in [0.05, 0.1) is 4.92 Å². The highest BCUT2D eigenvalue weighted by atomic mass is 16.6. The average molecular weight is 355 g/mol. The van der Waals surface area contributed by atoms with Gasteiger partial charge in [-0.15, -0.1) is 10.2 Å². The van der Waals surface area contributed by atoms with Gasteiger partial charge in [0.2, 0.25) is 0 Å². The molecule has 0 aliphatic rings. The lowest BCUT2D eigenvalue weighted by molar-refractivity contribution is -0.384. The van der Waals surface area contributed by atoms with Gasteiger partial charge >= 0.3 is 0 Å². The number of aromatic hydroxyl groups is 1. The minimum absolute atomic E-state index is 0.0249. The van der Waals surface area contributed by atoms with Gasteiger partial charge in [0.1, 0.15) is 11.4 Å². The van der Waals surface area contributed by atoms with Crippen LogP contribution in [0.5, 0.6) is 5.75 Å². The van der Waals surface area contributed by atoms with E-state index in [1.165, 1.54) is 12.1 Å². The first kappa shape index (κ1) is 19.6. The van der Waals surface area contributed by atoms with Crippen LogP contribution in [-0.4, -0.2) is 10.0 Å². The highest BCUT2D eigenvalue weighted by Crippen LogP contribution is 2.40. The van der Waals surface area contributed by atoms with Crippen LogP contribution in [-0.2, 0) is 5.41 Å². The van der Waals surface area contributed by atoms with Crippen molar-refractivity contribution < 1.29 is 10.0 Å². The monoisotopic (exact) mass is 355 g/mol. The number of phenols is 1. The summed E-state index contributed by atoms with van der Waals surface area (Å²) in [6, 6.07) is 11.4. The van der Waals surface area contributed by atoms with Crippen molar-refractivity contribution in [3.8, 4) is 5.75 Å². The molecule has 0 radical (unpaired) electrons. The third-order valence-electron chi connectivity index (χ3n) is 4.07. The number of nitro benzene ring substituents is 1. The fourth-order valence-electron chi connectivity index (χ4n) is 3.26. The van der Waals surface area contributed by atoms with Crippen molar-refractivity contribution in [2.75, 3.05) is 0 Å². The largest absolute Gasteiger partial charge is 0.506 e. The van der Waals surface area contributed by atoms with Gasteiger partial charge in [0.25, 0.3) is 5.69 Å². The molecule has 2 rings (SSSR count). The van der Waals surface area contributed by atoms with Crippen molar-refractivity contribution in [2.24, 2.45) is 15.6 Å². The Morgan fingerprint density at radius 1 is 1.00 bits per heavy atom. The second-order valence-electron chi connectivity index (χ2n) is 8.27. The summed E-state index contributed by atoms with van der Waals surface area (Å²) in [4.78, 5) is 10.9. The Morgan fingerprint density at radius 3 is 2.19 bits per heavy atom. The van der Waals surface area contributed by atoms with Gasteiger partial charge in [-0.25, -0.2) is 0 Å². The average Bonchev–Trinajstić information content (AvgIpc) is 2.51. The van der Waals surface area contributed by atoms with E-state index in [-0.39, 0.29) is 33.6 Å². The Labute approximate surface area is 153 Å². The van der Waals surface area contributed by atoms with Crippen LogP contribution >= 0.6 is 0 Å². The van der Waals surface area contributed by atoms with Gasteiger partial charge in [-0.1, -0.05) is 52.8 Å². The van der Waals surface area contributed by atoms with E-state index in [4.69, 9.17) is 0 Å². The normalized spacial score (nSPS) is 12.5. The molecule has 2 aromatic carbocycles. The number of benzene rings is 2. The van der Waals surface area contributed by atoms with Crippen LogP contribution < -0.4 is 0 Å². The summed E-state index contributed by atoms with van der Waals surface area (Å²) in [5, 5.41) is 29.2. The van der Waals surface area contributed by atoms with Gasteiger partial charge in [-0.05, 0) is 41.0 Å². The number of hydrogen-bond donors (Lipinski definition) is 1. The van der Waals surface area contributed by atoms with Gasteiger partial charge in [0.15, 0.2) is 5.69 Å². The Hall–Kier alpha value is -2.76. The zero-order valence-corrected chi connectivity index (χ0v) is 15.9. The van der Waals surface area contributed by atoms with Crippen LogP contribution in [0.3, 0.4) is 0 Å². The van der Waals surface area contributed by atoms with E-state index in [2.05, 4.69) is 44.8 Å². The Kier molecular flexibility index (Phi) is 5.44. The van der Waals surface area contributed by atoms with Crippen LogP contribution in [0.15, 0.2) is 52.7 Å². The molecule has 0 amide bonds. The second kappa shape index (κ2) is 7.23. The third-order valence-corrected chi connectivity index (χ3v) is 4.07. The van der Waals surface area contributed by atoms with E-state index in [1.807, 2.05) is 0 Å². The molecule has 0 atom stereocenters. The summed E-state index contributed by atoms with van der Waals surface area (Å²) in [6.07, 6.45) is 0.911. The molecule has 1 N–H and O–H groups in total. The molecule has 0 heterocycles. The standard InChI is InChI=1S/C20H25N3O3/c1-19(2,3)13-20(4,5)14-10-11-17(23(25)26)16(12-14)22-21-15-8-6-7-9-18(15)24/h6-12,24H,13H2,1-5H3. The number of hydrogen-bond acceptors (Lipinski definition) is 5. The number of rotatable bonds is 5. The zero-order valence-electron chi connectivity index (χ0n) is 15.9. The van der Waals surface area contributed by atoms with Crippen LogP contribution in [0, 0.1) is 15.5 Å². The van der Waals surface area contributed by atoms with E-state index >= 15 is 0 Å². The number of nitro groups is 1. The lowest BCUT2D eigenvalue weighted by Crippen LogP contribution is -2.24. The SMILES string of the molecule is CC(C)(C)CC(C)(C)c1ccc([N+](=O)[O-])c(N=Nc2ccccc2O)c1.